The molecule has 2 N–H and O–H groups in total. The molecule has 0 fully saturated rings. The van der Waals surface area contributed by atoms with Gasteiger partial charge in [-0.25, -0.2) is 0 Å². The standard InChI is InChI=1S/C17H30N2/c1-3-4-5-6-7-8-11-14-19(2)17-13-10-9-12-16(17)15-18/h9-10,12-13H,3-8,11,14-15,18H2,1-2H3. The van der Waals surface area contributed by atoms with Gasteiger partial charge in [-0.1, -0.05) is 63.6 Å². The van der Waals surface area contributed by atoms with Crippen molar-refractivity contribution in [2.45, 2.75) is 58.4 Å². The molecule has 0 aromatic heterocycles. The van der Waals surface area contributed by atoms with Gasteiger partial charge in [-0.05, 0) is 18.1 Å². The number of nitrogens with zero attached hydrogens (tertiary/aromatic N) is 1. The first-order valence-electron chi connectivity index (χ1n) is 7.78. The average Bonchev–Trinajstić information content (AvgIpc) is 2.46. The molecule has 1 aromatic carbocycles. The van der Waals surface area contributed by atoms with Crippen molar-refractivity contribution in [1.82, 2.24) is 0 Å². The van der Waals surface area contributed by atoms with Crippen molar-refractivity contribution in [3.05, 3.63) is 29.8 Å². The fraction of sp³-hybridized carbons (Fsp3) is 0.647. The highest BCUT2D eigenvalue weighted by Gasteiger charge is 2.04. The monoisotopic (exact) mass is 262 g/mol. The summed E-state index contributed by atoms with van der Waals surface area (Å²) in [5, 5.41) is 0. The predicted molar refractivity (Wildman–Crippen MR) is 85.6 cm³/mol. The Balaban J connectivity index is 2.22. The van der Waals surface area contributed by atoms with E-state index in [1.807, 2.05) is 0 Å². The molecule has 0 aliphatic rings. The molecule has 108 valence electrons. The molecule has 0 radical (unpaired) electrons. The summed E-state index contributed by atoms with van der Waals surface area (Å²) in [5.41, 5.74) is 8.32. The Morgan fingerprint density at radius 1 is 0.947 bits per heavy atom. The van der Waals surface area contributed by atoms with Gasteiger partial charge in [-0.2, -0.15) is 0 Å². The van der Waals surface area contributed by atoms with Crippen LogP contribution in [-0.4, -0.2) is 13.6 Å². The van der Waals surface area contributed by atoms with Gasteiger partial charge in [0, 0.05) is 25.8 Å². The molecule has 0 unspecified atom stereocenters. The SMILES string of the molecule is CCCCCCCCCN(C)c1ccccc1CN. The maximum Gasteiger partial charge on any atom is 0.0409 e. The lowest BCUT2D eigenvalue weighted by Gasteiger charge is -2.22. The molecule has 0 heterocycles. The highest BCUT2D eigenvalue weighted by atomic mass is 15.1. The first-order valence-corrected chi connectivity index (χ1v) is 7.78. The Bertz CT molecular complexity index is 336. The number of hydrogen-bond donors (Lipinski definition) is 1. The molecule has 0 aliphatic heterocycles. The third-order valence-corrected chi connectivity index (χ3v) is 3.72. The minimum Gasteiger partial charge on any atom is -0.374 e. The van der Waals surface area contributed by atoms with Crippen LogP contribution in [0.5, 0.6) is 0 Å². The minimum atomic E-state index is 0.623. The van der Waals surface area contributed by atoms with Crippen LogP contribution < -0.4 is 10.6 Å². The quantitative estimate of drug-likeness (QED) is 0.636. The van der Waals surface area contributed by atoms with Crippen molar-refractivity contribution in [3.8, 4) is 0 Å². The summed E-state index contributed by atoms with van der Waals surface area (Å²) in [4.78, 5) is 2.34. The highest BCUT2D eigenvalue weighted by molar-refractivity contribution is 5.52. The number of hydrogen-bond acceptors (Lipinski definition) is 2. The maximum atomic E-state index is 5.78. The largest absolute Gasteiger partial charge is 0.374 e. The number of unbranched alkanes of at least 4 members (excludes halogenated alkanes) is 6. The zero-order valence-corrected chi connectivity index (χ0v) is 12.7. The molecule has 1 rings (SSSR count). The lowest BCUT2D eigenvalue weighted by Crippen LogP contribution is -2.20. The molecular weight excluding hydrogens is 232 g/mol. The van der Waals surface area contributed by atoms with Gasteiger partial charge in [0.15, 0.2) is 0 Å². The van der Waals surface area contributed by atoms with Gasteiger partial charge < -0.3 is 10.6 Å². The van der Waals surface area contributed by atoms with Crippen LogP contribution in [0, 0.1) is 0 Å². The second-order valence-corrected chi connectivity index (χ2v) is 5.38. The highest BCUT2D eigenvalue weighted by Crippen LogP contribution is 2.19. The van der Waals surface area contributed by atoms with Gasteiger partial charge in [0.05, 0.1) is 0 Å². The van der Waals surface area contributed by atoms with Gasteiger partial charge in [0.2, 0.25) is 0 Å². The van der Waals surface area contributed by atoms with Crippen LogP contribution in [0.2, 0.25) is 0 Å². The summed E-state index contributed by atoms with van der Waals surface area (Å²) in [5.74, 6) is 0. The van der Waals surface area contributed by atoms with Crippen LogP contribution in [-0.2, 0) is 6.54 Å². The van der Waals surface area contributed by atoms with Crippen LogP contribution in [0.4, 0.5) is 5.69 Å². The van der Waals surface area contributed by atoms with Crippen molar-refractivity contribution in [2.75, 3.05) is 18.5 Å². The number of anilines is 1. The van der Waals surface area contributed by atoms with Crippen LogP contribution >= 0.6 is 0 Å². The average molecular weight is 262 g/mol. The van der Waals surface area contributed by atoms with E-state index in [9.17, 15) is 0 Å². The van der Waals surface area contributed by atoms with E-state index < -0.39 is 0 Å². The second kappa shape index (κ2) is 9.85. The number of para-hydroxylation sites is 1. The van der Waals surface area contributed by atoms with E-state index in [4.69, 9.17) is 5.73 Å². The van der Waals surface area contributed by atoms with Gasteiger partial charge in [0.25, 0.3) is 0 Å². The van der Waals surface area contributed by atoms with Crippen LogP contribution in [0.3, 0.4) is 0 Å². The first kappa shape index (κ1) is 16.0. The van der Waals surface area contributed by atoms with E-state index in [2.05, 4.69) is 43.1 Å². The fourth-order valence-corrected chi connectivity index (χ4v) is 2.48. The molecule has 0 spiro atoms. The number of benzene rings is 1. The van der Waals surface area contributed by atoms with Crippen LogP contribution in [0.25, 0.3) is 0 Å². The predicted octanol–water partition coefficient (Wildman–Crippen LogP) is 4.33. The van der Waals surface area contributed by atoms with E-state index in [1.54, 1.807) is 0 Å². The first-order chi connectivity index (χ1) is 9.29. The Morgan fingerprint density at radius 3 is 2.26 bits per heavy atom. The Morgan fingerprint density at radius 2 is 1.58 bits per heavy atom. The van der Waals surface area contributed by atoms with Crippen molar-refractivity contribution < 1.29 is 0 Å². The normalized spacial score (nSPS) is 10.7. The fourth-order valence-electron chi connectivity index (χ4n) is 2.48. The molecule has 2 nitrogen and oxygen atoms in total. The van der Waals surface area contributed by atoms with E-state index in [1.165, 1.54) is 56.2 Å². The van der Waals surface area contributed by atoms with E-state index >= 15 is 0 Å². The van der Waals surface area contributed by atoms with Gasteiger partial charge >= 0.3 is 0 Å². The van der Waals surface area contributed by atoms with E-state index in [0.29, 0.717) is 6.54 Å². The summed E-state index contributed by atoms with van der Waals surface area (Å²) >= 11 is 0. The topological polar surface area (TPSA) is 29.3 Å². The lowest BCUT2D eigenvalue weighted by atomic mass is 10.1. The zero-order chi connectivity index (χ0) is 13.9. The molecule has 0 atom stereocenters. The molecule has 0 bridgehead atoms. The third kappa shape index (κ3) is 6.11. The van der Waals surface area contributed by atoms with Gasteiger partial charge in [0.1, 0.15) is 0 Å². The van der Waals surface area contributed by atoms with Gasteiger partial charge in [-0.15, -0.1) is 0 Å². The molecule has 0 saturated heterocycles. The summed E-state index contributed by atoms with van der Waals surface area (Å²) in [7, 11) is 2.17. The van der Waals surface area contributed by atoms with Crippen LogP contribution in [0.1, 0.15) is 57.4 Å². The molecular formula is C17H30N2. The summed E-state index contributed by atoms with van der Waals surface area (Å²) < 4.78 is 0. The second-order valence-electron chi connectivity index (χ2n) is 5.38. The maximum absolute atomic E-state index is 5.78. The minimum absolute atomic E-state index is 0.623. The van der Waals surface area contributed by atoms with E-state index in [-0.39, 0.29) is 0 Å². The molecule has 2 heteroatoms. The van der Waals surface area contributed by atoms with Gasteiger partial charge in [-0.3, -0.25) is 0 Å². The summed E-state index contributed by atoms with van der Waals surface area (Å²) in [6.45, 7) is 4.02. The Labute approximate surface area is 119 Å². The summed E-state index contributed by atoms with van der Waals surface area (Å²) in [6.07, 6.45) is 9.54. The van der Waals surface area contributed by atoms with Crippen LogP contribution in [0.15, 0.2) is 24.3 Å². The Kier molecular flexibility index (Phi) is 8.31. The molecule has 19 heavy (non-hydrogen) atoms. The molecule has 0 saturated carbocycles. The molecule has 0 amide bonds. The third-order valence-electron chi connectivity index (χ3n) is 3.72. The smallest absolute Gasteiger partial charge is 0.0409 e. The van der Waals surface area contributed by atoms with Crippen molar-refractivity contribution in [3.63, 3.8) is 0 Å². The lowest BCUT2D eigenvalue weighted by molar-refractivity contribution is 0.588. The van der Waals surface area contributed by atoms with E-state index in [0.717, 1.165) is 6.54 Å². The van der Waals surface area contributed by atoms with Crippen molar-refractivity contribution in [1.29, 1.82) is 0 Å². The molecule has 0 aliphatic carbocycles. The summed E-state index contributed by atoms with van der Waals surface area (Å²) in [6, 6.07) is 8.45. The number of rotatable bonds is 10. The molecule has 1 aromatic rings. The Hall–Kier alpha value is -1.02. The zero-order valence-electron chi connectivity index (χ0n) is 12.7. The van der Waals surface area contributed by atoms with Crippen molar-refractivity contribution >= 4 is 5.69 Å². The van der Waals surface area contributed by atoms with Crippen molar-refractivity contribution in [2.24, 2.45) is 5.73 Å². The number of nitrogens with two attached hydrogens (primary N) is 1.